The topological polar surface area (TPSA) is 75.5 Å². The zero-order chi connectivity index (χ0) is 10.6. The number of aromatic nitrogens is 2. The highest BCUT2D eigenvalue weighted by Gasteiger charge is 2.17. The number of hydrogen-bond donors (Lipinski definition) is 3. The van der Waals surface area contributed by atoms with Crippen LogP contribution in [-0.2, 0) is 0 Å². The minimum atomic E-state index is -1.02. The van der Waals surface area contributed by atoms with E-state index in [0.717, 1.165) is 0 Å². The van der Waals surface area contributed by atoms with Crippen molar-refractivity contribution in [3.05, 3.63) is 18.0 Å². The Hall–Kier alpha value is -0.850. The van der Waals surface area contributed by atoms with Crippen LogP contribution in [0.25, 0.3) is 0 Å². The number of ether oxygens (including phenoxy) is 1. The smallest absolute Gasteiger partial charge is 0.316 e. The third kappa shape index (κ3) is 2.57. The first-order valence-corrected chi connectivity index (χ1v) is 4.65. The average molecular weight is 216 g/mol. The van der Waals surface area contributed by atoms with Gasteiger partial charge in [0.15, 0.2) is 0 Å². The minimum absolute atomic E-state index is 0.174. The lowest BCUT2D eigenvalue weighted by molar-refractivity contribution is 0.0332. The van der Waals surface area contributed by atoms with Crippen LogP contribution in [0.15, 0.2) is 12.4 Å². The summed E-state index contributed by atoms with van der Waals surface area (Å²) in [5, 5.41) is 18.8. The Bertz CT molecular complexity index is 280. The predicted molar refractivity (Wildman–Crippen MR) is 53.4 cm³/mol. The van der Waals surface area contributed by atoms with Crippen LogP contribution in [-0.4, -0.2) is 39.1 Å². The van der Waals surface area contributed by atoms with E-state index >= 15 is 0 Å². The molecule has 0 bridgehead atoms. The quantitative estimate of drug-likeness (QED) is 0.608. The third-order valence-corrected chi connectivity index (χ3v) is 2.10. The molecule has 0 spiro atoms. The second-order valence-electron chi connectivity index (χ2n) is 2.70. The van der Waals surface area contributed by atoms with Crippen molar-refractivity contribution in [3.8, 4) is 6.01 Å². The van der Waals surface area contributed by atoms with Crippen LogP contribution in [0.1, 0.15) is 11.7 Å². The molecule has 2 unspecified atom stereocenters. The fraction of sp³-hybridized carbons (Fsp3) is 0.500. The number of nitrogens with zero attached hydrogens (tertiary/aromatic N) is 2. The van der Waals surface area contributed by atoms with Crippen LogP contribution in [0.5, 0.6) is 6.01 Å². The molecule has 0 aliphatic rings. The normalized spacial score (nSPS) is 14.9. The fourth-order valence-corrected chi connectivity index (χ4v) is 1.11. The molecule has 5 nitrogen and oxygen atoms in total. The molecule has 1 rings (SSSR count). The van der Waals surface area contributed by atoms with E-state index in [1.165, 1.54) is 19.5 Å². The van der Waals surface area contributed by atoms with Gasteiger partial charge in [-0.2, -0.15) is 12.6 Å². The Morgan fingerprint density at radius 3 is 2.43 bits per heavy atom. The molecule has 1 aromatic heterocycles. The summed E-state index contributed by atoms with van der Waals surface area (Å²) in [6, 6.07) is 0.223. The van der Waals surface area contributed by atoms with Crippen LogP contribution in [0, 0.1) is 0 Å². The molecule has 2 N–H and O–H groups in total. The van der Waals surface area contributed by atoms with Gasteiger partial charge in [-0.25, -0.2) is 9.97 Å². The maximum atomic E-state index is 9.53. The first-order valence-electron chi connectivity index (χ1n) is 4.02. The van der Waals surface area contributed by atoms with E-state index in [-0.39, 0.29) is 11.8 Å². The van der Waals surface area contributed by atoms with Gasteiger partial charge in [0, 0.05) is 23.7 Å². The first-order chi connectivity index (χ1) is 6.69. The molecule has 0 aliphatic carbocycles. The molecule has 0 radical (unpaired) electrons. The Labute approximate surface area is 87.2 Å². The lowest BCUT2D eigenvalue weighted by Gasteiger charge is -2.15. The molecule has 0 aromatic carbocycles. The Morgan fingerprint density at radius 1 is 1.43 bits per heavy atom. The summed E-state index contributed by atoms with van der Waals surface area (Å²) < 4.78 is 4.75. The molecule has 1 heterocycles. The van der Waals surface area contributed by atoms with Gasteiger partial charge in [-0.15, -0.1) is 0 Å². The van der Waals surface area contributed by atoms with Gasteiger partial charge < -0.3 is 14.9 Å². The Balaban J connectivity index is 2.75. The lowest BCUT2D eigenvalue weighted by Crippen LogP contribution is -2.20. The van der Waals surface area contributed by atoms with Crippen molar-refractivity contribution in [2.45, 2.75) is 12.2 Å². The molecule has 0 amide bonds. The zero-order valence-electron chi connectivity index (χ0n) is 7.66. The summed E-state index contributed by atoms with van der Waals surface area (Å²) in [5.74, 6) is 0.174. The standard InChI is InChI=1S/C8H12N2O3S/c1-13-8-9-2-5(3-10-8)7(12)6(11)4-14/h2-3,6-7,11-12,14H,4H2,1H3. The molecule has 0 saturated carbocycles. The molecule has 1 aromatic rings. The number of thiol groups is 1. The largest absolute Gasteiger partial charge is 0.467 e. The molecule has 0 aliphatic heterocycles. The van der Waals surface area contributed by atoms with Gasteiger partial charge in [-0.05, 0) is 0 Å². The highest BCUT2D eigenvalue weighted by molar-refractivity contribution is 7.80. The highest BCUT2D eigenvalue weighted by Crippen LogP contribution is 2.16. The number of aliphatic hydroxyl groups excluding tert-OH is 2. The van der Waals surface area contributed by atoms with Crippen molar-refractivity contribution in [2.75, 3.05) is 12.9 Å². The van der Waals surface area contributed by atoms with E-state index in [1.807, 2.05) is 0 Å². The van der Waals surface area contributed by atoms with E-state index in [1.54, 1.807) is 0 Å². The van der Waals surface area contributed by atoms with Crippen LogP contribution in [0.4, 0.5) is 0 Å². The maximum absolute atomic E-state index is 9.53. The van der Waals surface area contributed by atoms with Crippen molar-refractivity contribution >= 4 is 12.6 Å². The maximum Gasteiger partial charge on any atom is 0.316 e. The lowest BCUT2D eigenvalue weighted by atomic mass is 10.1. The van der Waals surface area contributed by atoms with Crippen molar-refractivity contribution in [3.63, 3.8) is 0 Å². The van der Waals surface area contributed by atoms with Gasteiger partial charge in [0.2, 0.25) is 0 Å². The number of rotatable bonds is 4. The van der Waals surface area contributed by atoms with Crippen LogP contribution >= 0.6 is 12.6 Å². The second kappa shape index (κ2) is 5.14. The summed E-state index contributed by atoms with van der Waals surface area (Å²) in [7, 11) is 1.45. The van der Waals surface area contributed by atoms with Gasteiger partial charge in [-0.3, -0.25) is 0 Å². The Kier molecular flexibility index (Phi) is 4.12. The molecule has 78 valence electrons. The summed E-state index contributed by atoms with van der Waals surface area (Å²) in [6.07, 6.45) is 0.875. The molecular weight excluding hydrogens is 204 g/mol. The highest BCUT2D eigenvalue weighted by atomic mass is 32.1. The average Bonchev–Trinajstić information content (AvgIpc) is 2.27. The first kappa shape index (κ1) is 11.2. The molecule has 2 atom stereocenters. The summed E-state index contributed by atoms with van der Waals surface area (Å²) in [5.41, 5.74) is 0.437. The number of hydrogen-bond acceptors (Lipinski definition) is 6. The van der Waals surface area contributed by atoms with Gasteiger partial charge in [-0.1, -0.05) is 0 Å². The summed E-state index contributed by atoms with van der Waals surface area (Å²) >= 11 is 3.87. The Morgan fingerprint density at radius 2 is 2.00 bits per heavy atom. The van der Waals surface area contributed by atoms with Crippen LogP contribution in [0.2, 0.25) is 0 Å². The second-order valence-corrected chi connectivity index (χ2v) is 3.06. The van der Waals surface area contributed by atoms with Crippen LogP contribution < -0.4 is 4.74 Å². The number of methoxy groups -OCH3 is 1. The van der Waals surface area contributed by atoms with Gasteiger partial charge >= 0.3 is 6.01 Å². The summed E-state index contributed by atoms with van der Waals surface area (Å²) in [4.78, 5) is 7.61. The van der Waals surface area contributed by atoms with Crippen LogP contribution in [0.3, 0.4) is 0 Å². The van der Waals surface area contributed by atoms with E-state index in [2.05, 4.69) is 22.6 Å². The monoisotopic (exact) mass is 216 g/mol. The van der Waals surface area contributed by atoms with E-state index < -0.39 is 12.2 Å². The van der Waals surface area contributed by atoms with Crippen molar-refractivity contribution in [1.82, 2.24) is 9.97 Å². The van der Waals surface area contributed by atoms with E-state index in [9.17, 15) is 10.2 Å². The molecule has 14 heavy (non-hydrogen) atoms. The predicted octanol–water partition coefficient (Wildman–Crippen LogP) is -0.191. The van der Waals surface area contributed by atoms with Gasteiger partial charge in [0.05, 0.1) is 13.2 Å². The van der Waals surface area contributed by atoms with Crippen molar-refractivity contribution < 1.29 is 14.9 Å². The van der Waals surface area contributed by atoms with Crippen molar-refractivity contribution in [1.29, 1.82) is 0 Å². The summed E-state index contributed by atoms with van der Waals surface area (Å²) in [6.45, 7) is 0. The van der Waals surface area contributed by atoms with Gasteiger partial charge in [0.25, 0.3) is 0 Å². The molecule has 0 fully saturated rings. The number of aliphatic hydroxyl groups is 2. The van der Waals surface area contributed by atoms with Gasteiger partial charge in [0.1, 0.15) is 6.10 Å². The molecule has 6 heteroatoms. The molecule has 0 saturated heterocycles. The third-order valence-electron chi connectivity index (χ3n) is 1.72. The molecular formula is C8H12N2O3S. The minimum Gasteiger partial charge on any atom is -0.467 e. The van der Waals surface area contributed by atoms with Crippen molar-refractivity contribution in [2.24, 2.45) is 0 Å². The SMILES string of the molecule is COc1ncc(C(O)C(O)CS)cn1. The van der Waals surface area contributed by atoms with E-state index in [4.69, 9.17) is 4.74 Å². The zero-order valence-corrected chi connectivity index (χ0v) is 8.56. The van der Waals surface area contributed by atoms with E-state index in [0.29, 0.717) is 5.56 Å². The fourth-order valence-electron chi connectivity index (χ4n) is 0.906.